The van der Waals surface area contributed by atoms with Gasteiger partial charge in [-0.2, -0.15) is 0 Å². The molecule has 0 bridgehead atoms. The zero-order valence-electron chi connectivity index (χ0n) is 15.8. The Morgan fingerprint density at radius 2 is 1.63 bits per heavy atom. The van der Waals surface area contributed by atoms with Crippen molar-refractivity contribution in [2.24, 2.45) is 0 Å². The molecular formula is C20H24N2O5. The highest BCUT2D eigenvalue weighted by Gasteiger charge is 2.36. The Kier molecular flexibility index (Phi) is 6.39. The van der Waals surface area contributed by atoms with Crippen LogP contribution in [0.5, 0.6) is 5.75 Å². The van der Waals surface area contributed by atoms with Gasteiger partial charge in [0.2, 0.25) is 0 Å². The minimum atomic E-state index is -1.17. The first-order valence-electron chi connectivity index (χ1n) is 8.53. The number of carbonyl (C=O) groups excluding carboxylic acids is 1. The molecule has 0 saturated carbocycles. The van der Waals surface area contributed by atoms with E-state index in [9.17, 15) is 14.9 Å². The Balaban J connectivity index is 2.43. The van der Waals surface area contributed by atoms with Crippen molar-refractivity contribution in [3.05, 3.63) is 75.8 Å². The van der Waals surface area contributed by atoms with Gasteiger partial charge in [-0.05, 0) is 38.5 Å². The van der Waals surface area contributed by atoms with E-state index < -0.39 is 28.7 Å². The molecule has 0 heterocycles. The normalized spacial score (nSPS) is 13.3. The molecule has 7 heteroatoms. The number of hydrogen-bond acceptors (Lipinski definition) is 5. The largest absolute Gasteiger partial charge is 0.497 e. The maximum atomic E-state index is 12.3. The molecule has 0 saturated heterocycles. The number of alkyl carbamates (subject to hydrolysis) is 1. The predicted molar refractivity (Wildman–Crippen MR) is 101 cm³/mol. The van der Waals surface area contributed by atoms with Crippen LogP contribution < -0.4 is 10.1 Å². The molecule has 0 aliphatic carbocycles. The summed E-state index contributed by atoms with van der Waals surface area (Å²) in [7, 11) is 1.54. The zero-order chi connectivity index (χ0) is 20.0. The van der Waals surface area contributed by atoms with Gasteiger partial charge in [0.15, 0.2) is 0 Å². The molecule has 2 atom stereocenters. The van der Waals surface area contributed by atoms with E-state index in [0.29, 0.717) is 16.9 Å². The molecule has 144 valence electrons. The summed E-state index contributed by atoms with van der Waals surface area (Å²) in [6, 6.07) is 13.3. The molecule has 0 aliphatic heterocycles. The van der Waals surface area contributed by atoms with Crippen molar-refractivity contribution in [1.29, 1.82) is 0 Å². The smallest absolute Gasteiger partial charge is 0.408 e. The Morgan fingerprint density at radius 3 is 2.11 bits per heavy atom. The number of benzene rings is 2. The molecule has 27 heavy (non-hydrogen) atoms. The lowest BCUT2D eigenvalue weighted by Crippen LogP contribution is -2.39. The van der Waals surface area contributed by atoms with Crippen LogP contribution in [0.4, 0.5) is 4.79 Å². The van der Waals surface area contributed by atoms with Crippen molar-refractivity contribution in [1.82, 2.24) is 5.32 Å². The Labute approximate surface area is 158 Å². The molecule has 1 N–H and O–H groups in total. The molecule has 0 aliphatic rings. The van der Waals surface area contributed by atoms with Crippen LogP contribution in [0.3, 0.4) is 0 Å². The average Bonchev–Trinajstić information content (AvgIpc) is 2.60. The fourth-order valence-electron chi connectivity index (χ4n) is 2.68. The van der Waals surface area contributed by atoms with Crippen molar-refractivity contribution in [3.8, 4) is 5.75 Å². The first-order chi connectivity index (χ1) is 12.7. The molecule has 0 aromatic heterocycles. The third kappa shape index (κ3) is 5.70. The highest BCUT2D eigenvalue weighted by atomic mass is 16.6. The van der Waals surface area contributed by atoms with Gasteiger partial charge in [-0.15, -0.1) is 0 Å². The Hall–Kier alpha value is -3.09. The minimum absolute atomic E-state index is 0.401. The Bertz CT molecular complexity index is 769. The second kappa shape index (κ2) is 8.53. The van der Waals surface area contributed by atoms with Crippen LogP contribution in [0.2, 0.25) is 0 Å². The summed E-state index contributed by atoms with van der Waals surface area (Å²) in [6.45, 7) is 5.20. The van der Waals surface area contributed by atoms with Crippen molar-refractivity contribution < 1.29 is 19.2 Å². The van der Waals surface area contributed by atoms with Crippen molar-refractivity contribution in [3.63, 3.8) is 0 Å². The second-order valence-corrected chi connectivity index (χ2v) is 7.04. The summed E-state index contributed by atoms with van der Waals surface area (Å²) in [4.78, 5) is 23.8. The first-order valence-corrected chi connectivity index (χ1v) is 8.53. The molecule has 2 rings (SSSR count). The summed E-state index contributed by atoms with van der Waals surface area (Å²) in [5.41, 5.74) is 0.345. The maximum absolute atomic E-state index is 12.3. The third-order valence-corrected chi connectivity index (χ3v) is 3.83. The molecule has 0 unspecified atom stereocenters. The van der Waals surface area contributed by atoms with Crippen LogP contribution in [0.15, 0.2) is 54.6 Å². The molecule has 1 amide bonds. The van der Waals surface area contributed by atoms with Gasteiger partial charge < -0.3 is 14.8 Å². The number of carbonyl (C=O) groups is 1. The second-order valence-electron chi connectivity index (χ2n) is 7.04. The van der Waals surface area contributed by atoms with Gasteiger partial charge in [-0.3, -0.25) is 10.1 Å². The van der Waals surface area contributed by atoms with Gasteiger partial charge in [0.25, 0.3) is 6.04 Å². The molecular weight excluding hydrogens is 348 g/mol. The monoisotopic (exact) mass is 372 g/mol. The van der Waals surface area contributed by atoms with E-state index in [2.05, 4.69) is 5.32 Å². The van der Waals surface area contributed by atoms with E-state index in [1.165, 1.54) is 7.11 Å². The number of rotatable bonds is 6. The number of nitro groups is 1. The van der Waals surface area contributed by atoms with Gasteiger partial charge >= 0.3 is 6.09 Å². The molecule has 7 nitrogen and oxygen atoms in total. The van der Waals surface area contributed by atoms with Crippen LogP contribution in [-0.4, -0.2) is 23.7 Å². The van der Waals surface area contributed by atoms with Crippen LogP contribution in [0.25, 0.3) is 0 Å². The van der Waals surface area contributed by atoms with Gasteiger partial charge in [-0.25, -0.2) is 4.79 Å². The number of methoxy groups -OCH3 is 1. The van der Waals surface area contributed by atoms with Crippen LogP contribution >= 0.6 is 0 Å². The van der Waals surface area contributed by atoms with Crippen LogP contribution in [-0.2, 0) is 4.74 Å². The van der Waals surface area contributed by atoms with Crippen molar-refractivity contribution in [2.75, 3.05) is 7.11 Å². The van der Waals surface area contributed by atoms with Gasteiger partial charge in [0.05, 0.1) is 7.11 Å². The summed E-state index contributed by atoms with van der Waals surface area (Å²) in [5, 5.41) is 14.6. The number of amides is 1. The zero-order valence-corrected chi connectivity index (χ0v) is 15.8. The highest BCUT2D eigenvalue weighted by molar-refractivity contribution is 5.68. The van der Waals surface area contributed by atoms with E-state index in [1.807, 2.05) is 0 Å². The SMILES string of the molecule is COc1ccc([C@H](NC(=O)OC(C)(C)C)[C@@H](c2ccccc2)[N+](=O)[O-])cc1. The first kappa shape index (κ1) is 20.2. The van der Waals surface area contributed by atoms with Gasteiger partial charge in [0, 0.05) is 10.5 Å². The summed E-state index contributed by atoms with van der Waals surface area (Å²) in [6.07, 6.45) is -0.717. The topological polar surface area (TPSA) is 90.7 Å². The molecule has 0 fully saturated rings. The molecule has 0 spiro atoms. The van der Waals surface area contributed by atoms with Crippen LogP contribution in [0.1, 0.15) is 44.0 Å². The number of ether oxygens (including phenoxy) is 2. The van der Waals surface area contributed by atoms with Gasteiger partial charge in [0.1, 0.15) is 17.4 Å². The van der Waals surface area contributed by atoms with E-state index in [1.54, 1.807) is 75.4 Å². The molecule has 0 radical (unpaired) electrons. The maximum Gasteiger partial charge on any atom is 0.408 e. The van der Waals surface area contributed by atoms with E-state index >= 15 is 0 Å². The average molecular weight is 372 g/mol. The minimum Gasteiger partial charge on any atom is -0.497 e. The highest BCUT2D eigenvalue weighted by Crippen LogP contribution is 2.32. The fraction of sp³-hybridized carbons (Fsp3) is 0.350. The quantitative estimate of drug-likeness (QED) is 0.604. The van der Waals surface area contributed by atoms with Crippen molar-refractivity contribution in [2.45, 2.75) is 38.5 Å². The summed E-state index contributed by atoms with van der Waals surface area (Å²) >= 11 is 0. The summed E-state index contributed by atoms with van der Waals surface area (Å²) < 4.78 is 10.4. The lowest BCUT2D eigenvalue weighted by molar-refractivity contribution is -0.534. The fourth-order valence-corrected chi connectivity index (χ4v) is 2.68. The van der Waals surface area contributed by atoms with Gasteiger partial charge in [-0.1, -0.05) is 42.5 Å². The third-order valence-electron chi connectivity index (χ3n) is 3.83. The summed E-state index contributed by atoms with van der Waals surface area (Å²) in [5.74, 6) is 0.618. The molecule has 2 aromatic rings. The number of hydrogen-bond donors (Lipinski definition) is 1. The van der Waals surface area contributed by atoms with Crippen molar-refractivity contribution >= 4 is 6.09 Å². The lowest BCUT2D eigenvalue weighted by Gasteiger charge is -2.26. The Morgan fingerprint density at radius 1 is 1.04 bits per heavy atom. The van der Waals surface area contributed by atoms with E-state index in [4.69, 9.17) is 9.47 Å². The lowest BCUT2D eigenvalue weighted by atomic mass is 9.94. The molecule has 2 aromatic carbocycles. The predicted octanol–water partition coefficient (Wildman–Crippen LogP) is 4.28. The van der Waals surface area contributed by atoms with E-state index in [0.717, 1.165) is 0 Å². The van der Waals surface area contributed by atoms with E-state index in [-0.39, 0.29) is 0 Å². The van der Waals surface area contributed by atoms with Crippen LogP contribution in [0, 0.1) is 10.1 Å². The standard InChI is InChI=1S/C20H24N2O5/c1-20(2,3)27-19(23)21-17(14-10-12-16(26-4)13-11-14)18(22(24)25)15-8-6-5-7-9-15/h5-13,17-18H,1-4H3,(H,21,23)/t17-,18+/m0/s1. The number of nitrogens with one attached hydrogen (secondary N) is 1. The number of nitrogens with zero attached hydrogens (tertiary/aromatic N) is 1.